The lowest BCUT2D eigenvalue weighted by molar-refractivity contribution is -0.0705. The van der Waals surface area contributed by atoms with Crippen LogP contribution in [0.3, 0.4) is 0 Å². The van der Waals surface area contributed by atoms with Crippen molar-refractivity contribution in [1.29, 1.82) is 0 Å². The maximum absolute atomic E-state index is 14.0. The Hall–Kier alpha value is -4.02. The largest absolute Gasteiger partial charge is 0.448 e. The lowest BCUT2D eigenvalue weighted by Crippen LogP contribution is -2.58. The van der Waals surface area contributed by atoms with E-state index in [1.165, 1.54) is 33.2 Å². The van der Waals surface area contributed by atoms with Gasteiger partial charge in [-0.15, -0.1) is 0 Å². The van der Waals surface area contributed by atoms with Crippen LogP contribution in [0.2, 0.25) is 0 Å². The molecule has 5 aromatic rings. The maximum atomic E-state index is 14.0. The third-order valence-electron chi connectivity index (χ3n) is 12.0. The molecule has 2 aromatic heterocycles. The summed E-state index contributed by atoms with van der Waals surface area (Å²) in [6.07, 6.45) is 3.75. The molecule has 54 heavy (non-hydrogen) atoms. The summed E-state index contributed by atoms with van der Waals surface area (Å²) in [5, 5.41) is 11.6. The fraction of sp³-hybridized carbons (Fsp3) is 0.422. The van der Waals surface area contributed by atoms with Crippen molar-refractivity contribution in [2.45, 2.75) is 83.5 Å². The van der Waals surface area contributed by atoms with E-state index in [2.05, 4.69) is 114 Å². The Morgan fingerprint density at radius 2 is 1.67 bits per heavy atom. The van der Waals surface area contributed by atoms with Crippen LogP contribution in [-0.2, 0) is 27.2 Å². The third-order valence-corrected chi connectivity index (χ3v) is 12.5. The molecule has 0 saturated carbocycles. The molecule has 3 aliphatic rings. The smallest absolute Gasteiger partial charge is 0.410 e. The van der Waals surface area contributed by atoms with Crippen LogP contribution in [0.15, 0.2) is 83.5 Å². The van der Waals surface area contributed by atoms with E-state index in [-0.39, 0.29) is 48.1 Å². The Labute approximate surface area is 326 Å². The highest BCUT2D eigenvalue weighted by molar-refractivity contribution is 9.10. The monoisotopic (exact) mass is 791 g/mol. The topological polar surface area (TPSA) is 86.1 Å². The molecule has 0 spiro atoms. The lowest BCUT2D eigenvalue weighted by Gasteiger charge is -2.47. The van der Waals surface area contributed by atoms with E-state index in [1.807, 2.05) is 18.0 Å². The Bertz CT molecular complexity index is 2140. The highest BCUT2D eigenvalue weighted by atomic mass is 79.9. The number of aromatic nitrogens is 2. The number of aliphatic hydroxyl groups excluding tert-OH is 1. The Morgan fingerprint density at radius 1 is 1.00 bits per heavy atom. The standard InChI is InChI=1S/C45H50BrN3O5/c1-6-48-41-16-15-30(46)20-37(41)39(21-45(3,4)26-50)43(48)38-19-29(22-47-42(38)27(2)52-5)28-17-31-23-53-24-32(18-28)49(31)44(51)54-25-40-35-13-9-7-11-33(35)34-12-8-10-14-36(34)40/h7-16,19-20,22,27-28,31-32,40,50H,6,17-18,21,23-26H2,1-5H3/t27-,28?,31-,32+/m0/s1. The molecule has 1 N–H and O–H groups in total. The summed E-state index contributed by atoms with van der Waals surface area (Å²) in [4.78, 5) is 21.1. The van der Waals surface area contributed by atoms with Gasteiger partial charge >= 0.3 is 6.09 Å². The second kappa shape index (κ2) is 14.9. The van der Waals surface area contributed by atoms with Gasteiger partial charge in [-0.1, -0.05) is 78.3 Å². The normalized spacial score (nSPS) is 20.2. The minimum absolute atomic E-state index is 0.0140. The SMILES string of the molecule is CCn1c(-c2cc(C3C[C@H]4COC[C@@H](C3)N4C(=O)OCC3c4ccccc4-c4ccccc43)cnc2[C@H](C)OC)c(CC(C)(C)CO)c2cc(Br)ccc21. The number of aliphatic hydroxyl groups is 1. The number of methoxy groups -OCH3 is 1. The molecule has 1 unspecified atom stereocenters. The number of fused-ring (bicyclic) bond motifs is 6. The number of hydrogen-bond acceptors (Lipinski definition) is 6. The zero-order valence-electron chi connectivity index (χ0n) is 31.8. The molecule has 4 atom stereocenters. The van der Waals surface area contributed by atoms with E-state index >= 15 is 0 Å². The van der Waals surface area contributed by atoms with Crippen LogP contribution in [0.4, 0.5) is 4.79 Å². The van der Waals surface area contributed by atoms with Gasteiger partial charge in [0, 0.05) is 53.3 Å². The quantitative estimate of drug-likeness (QED) is 0.152. The van der Waals surface area contributed by atoms with Crippen molar-refractivity contribution < 1.29 is 24.1 Å². The molecular weight excluding hydrogens is 742 g/mol. The van der Waals surface area contributed by atoms with Gasteiger partial charge in [-0.2, -0.15) is 0 Å². The van der Waals surface area contributed by atoms with Crippen molar-refractivity contribution in [3.8, 4) is 22.4 Å². The number of nitrogens with zero attached hydrogens (tertiary/aromatic N) is 3. The number of aryl methyl sites for hydroxylation is 1. The van der Waals surface area contributed by atoms with E-state index in [4.69, 9.17) is 19.2 Å². The van der Waals surface area contributed by atoms with Crippen molar-refractivity contribution in [1.82, 2.24) is 14.5 Å². The predicted octanol–water partition coefficient (Wildman–Crippen LogP) is 9.65. The fourth-order valence-corrected chi connectivity index (χ4v) is 9.60. The summed E-state index contributed by atoms with van der Waals surface area (Å²) >= 11 is 3.73. The number of carbonyl (C=O) groups is 1. The number of benzene rings is 3. The third kappa shape index (κ3) is 6.57. The van der Waals surface area contributed by atoms with Crippen molar-refractivity contribution in [3.05, 3.63) is 111 Å². The fourth-order valence-electron chi connectivity index (χ4n) is 9.24. The van der Waals surface area contributed by atoms with Crippen molar-refractivity contribution in [2.75, 3.05) is 33.5 Å². The Morgan fingerprint density at radius 3 is 2.30 bits per heavy atom. The van der Waals surface area contributed by atoms with Gasteiger partial charge in [-0.3, -0.25) is 9.88 Å². The minimum atomic E-state index is -0.328. The van der Waals surface area contributed by atoms with Gasteiger partial charge in [-0.05, 0) is 102 Å². The second-order valence-corrected chi connectivity index (χ2v) is 17.0. The van der Waals surface area contributed by atoms with Gasteiger partial charge in [0.15, 0.2) is 0 Å². The molecule has 1 amide bonds. The molecule has 2 aliphatic heterocycles. The lowest BCUT2D eigenvalue weighted by atomic mass is 9.80. The van der Waals surface area contributed by atoms with E-state index in [0.717, 1.165) is 51.9 Å². The van der Waals surface area contributed by atoms with Gasteiger partial charge in [0.1, 0.15) is 6.61 Å². The molecule has 9 heteroatoms. The number of piperidine rings is 1. The van der Waals surface area contributed by atoms with Gasteiger partial charge in [-0.25, -0.2) is 4.79 Å². The number of amides is 1. The molecule has 2 saturated heterocycles. The first-order valence-electron chi connectivity index (χ1n) is 19.3. The number of morpholine rings is 1. The number of rotatable bonds is 10. The zero-order valence-corrected chi connectivity index (χ0v) is 33.4. The van der Waals surface area contributed by atoms with Crippen LogP contribution < -0.4 is 0 Å². The first-order chi connectivity index (χ1) is 26.1. The minimum Gasteiger partial charge on any atom is -0.448 e. The van der Waals surface area contributed by atoms with E-state index < -0.39 is 0 Å². The summed E-state index contributed by atoms with van der Waals surface area (Å²) in [6.45, 7) is 10.6. The first kappa shape index (κ1) is 36.9. The summed E-state index contributed by atoms with van der Waals surface area (Å²) in [5.74, 6) is 0.200. The second-order valence-electron chi connectivity index (χ2n) is 16.0. The summed E-state index contributed by atoms with van der Waals surface area (Å²) in [6, 6.07) is 25.5. The van der Waals surface area contributed by atoms with E-state index in [9.17, 15) is 9.90 Å². The zero-order chi connectivity index (χ0) is 37.7. The highest BCUT2D eigenvalue weighted by Crippen LogP contribution is 2.46. The number of hydrogen-bond donors (Lipinski definition) is 1. The van der Waals surface area contributed by atoms with Gasteiger partial charge in [0.25, 0.3) is 0 Å². The number of carbonyl (C=O) groups excluding carboxylic acids is 1. The summed E-state index contributed by atoms with van der Waals surface area (Å²) in [7, 11) is 1.73. The maximum Gasteiger partial charge on any atom is 0.410 e. The van der Waals surface area contributed by atoms with Crippen molar-refractivity contribution >= 4 is 32.9 Å². The van der Waals surface area contributed by atoms with Crippen LogP contribution in [0.25, 0.3) is 33.3 Å². The average molecular weight is 793 g/mol. The van der Waals surface area contributed by atoms with Crippen molar-refractivity contribution in [2.24, 2.45) is 5.41 Å². The average Bonchev–Trinajstić information content (AvgIpc) is 3.66. The molecule has 3 aromatic carbocycles. The van der Waals surface area contributed by atoms with Gasteiger partial charge < -0.3 is 23.9 Å². The molecule has 4 heterocycles. The van der Waals surface area contributed by atoms with Crippen LogP contribution in [0, 0.1) is 5.41 Å². The van der Waals surface area contributed by atoms with Crippen LogP contribution >= 0.6 is 15.9 Å². The molecule has 282 valence electrons. The van der Waals surface area contributed by atoms with Gasteiger partial charge in [0.05, 0.1) is 42.8 Å². The highest BCUT2D eigenvalue weighted by Gasteiger charge is 2.44. The molecule has 1 aliphatic carbocycles. The number of halogens is 1. The Kier molecular flexibility index (Phi) is 10.2. The molecule has 0 radical (unpaired) electrons. The summed E-state index contributed by atoms with van der Waals surface area (Å²) in [5.41, 5.74) is 11.1. The van der Waals surface area contributed by atoms with E-state index in [1.54, 1.807) is 7.11 Å². The van der Waals surface area contributed by atoms with Crippen LogP contribution in [0.1, 0.15) is 86.4 Å². The first-order valence-corrected chi connectivity index (χ1v) is 20.1. The summed E-state index contributed by atoms with van der Waals surface area (Å²) < 4.78 is 21.6. The van der Waals surface area contributed by atoms with Crippen LogP contribution in [0.5, 0.6) is 0 Å². The van der Waals surface area contributed by atoms with Crippen LogP contribution in [-0.4, -0.2) is 71.3 Å². The Balaban J connectivity index is 1.10. The molecular formula is C45H50BrN3O5. The number of pyridine rings is 1. The number of ether oxygens (including phenoxy) is 3. The molecule has 8 nitrogen and oxygen atoms in total. The molecule has 8 rings (SSSR count). The van der Waals surface area contributed by atoms with Crippen molar-refractivity contribution in [3.63, 3.8) is 0 Å². The van der Waals surface area contributed by atoms with Gasteiger partial charge in [0.2, 0.25) is 0 Å². The molecule has 2 bridgehead atoms. The van der Waals surface area contributed by atoms with E-state index in [0.29, 0.717) is 26.2 Å². The molecule has 2 fully saturated rings. The predicted molar refractivity (Wildman–Crippen MR) is 216 cm³/mol.